The topological polar surface area (TPSA) is 62.3 Å². The van der Waals surface area contributed by atoms with E-state index in [9.17, 15) is 4.79 Å². The van der Waals surface area contributed by atoms with Gasteiger partial charge in [0, 0.05) is 18.1 Å². The van der Waals surface area contributed by atoms with Crippen LogP contribution < -0.4 is 33.9 Å². The maximum Gasteiger partial charge on any atom is 0.303 e. The molecule has 0 amide bonds. The van der Waals surface area contributed by atoms with Crippen LogP contribution in [0.2, 0.25) is 0 Å². The fraction of sp³-hybridized carbons (Fsp3) is 0.200. The number of benzene rings is 1. The van der Waals surface area contributed by atoms with Crippen molar-refractivity contribution < 1.29 is 44.0 Å². The highest BCUT2D eigenvalue weighted by Gasteiger charge is 2.15. The number of rotatable bonds is 7. The van der Waals surface area contributed by atoms with Gasteiger partial charge in [0.25, 0.3) is 0 Å². The van der Waals surface area contributed by atoms with Crippen LogP contribution in [0.25, 0.3) is 0 Å². The number of nitrogens with zero attached hydrogens (tertiary/aromatic N) is 4. The lowest BCUT2D eigenvalue weighted by atomic mass is 10.1. The van der Waals surface area contributed by atoms with Crippen molar-refractivity contribution in [3.63, 3.8) is 0 Å². The van der Waals surface area contributed by atoms with E-state index < -0.39 is 0 Å². The van der Waals surface area contributed by atoms with Crippen LogP contribution >= 0.6 is 0 Å². The summed E-state index contributed by atoms with van der Waals surface area (Å²) >= 11 is 0. The van der Waals surface area contributed by atoms with Crippen LogP contribution in [0.1, 0.15) is 28.2 Å². The second kappa shape index (κ2) is 11.2. The quantitative estimate of drug-likeness (QED) is 0.138. The first-order valence-electron chi connectivity index (χ1n) is 8.50. The van der Waals surface area contributed by atoms with Gasteiger partial charge in [-0.3, -0.25) is 4.79 Å². The van der Waals surface area contributed by atoms with Crippen LogP contribution in [0.4, 0.5) is 0 Å². The van der Waals surface area contributed by atoms with Crippen molar-refractivity contribution in [3.05, 3.63) is 84.2 Å². The van der Waals surface area contributed by atoms with Crippen LogP contribution in [-0.4, -0.2) is 21.8 Å². The molecule has 0 fully saturated rings. The molecule has 0 aliphatic heterocycles. The summed E-state index contributed by atoms with van der Waals surface area (Å²) in [7, 11) is 1.90. The Morgan fingerprint density at radius 2 is 1.82 bits per heavy atom. The highest BCUT2D eigenvalue weighted by atomic mass is 35.5. The largest absolute Gasteiger partial charge is 1.00 e. The molecule has 6 nitrogen and oxygen atoms in total. The lowest BCUT2D eigenvalue weighted by Crippen LogP contribution is -3.00. The standard InChI is InChI=1S/C20H21N4O2.2ClH/c1-22-13-14-24(19(22)15-21-26)12-6-11-23-10-5-9-18(16-23)20(25)17-7-3-2-4-8-17;;/h2-5,7-10,13-16H,6,11-12H2,1H3;2*1H/q+1;;/p-1. The number of carbonyl (C=O) groups excluding carboxylic acids is 1. The fourth-order valence-electron chi connectivity index (χ4n) is 2.92. The third-order valence-electron chi connectivity index (χ3n) is 4.27. The highest BCUT2D eigenvalue weighted by Crippen LogP contribution is 2.07. The van der Waals surface area contributed by atoms with Crippen molar-refractivity contribution in [2.75, 3.05) is 0 Å². The summed E-state index contributed by atoms with van der Waals surface area (Å²) in [5.74, 6) is 0.851. The highest BCUT2D eigenvalue weighted by molar-refractivity contribution is 6.08. The molecular weight excluding hydrogens is 399 g/mol. The minimum atomic E-state index is 0. The van der Waals surface area contributed by atoms with Gasteiger partial charge in [0.15, 0.2) is 30.9 Å². The summed E-state index contributed by atoms with van der Waals surface area (Å²) in [6.45, 7) is 1.57. The molecule has 0 bridgehead atoms. The van der Waals surface area contributed by atoms with Gasteiger partial charge in [-0.2, -0.15) is 0 Å². The number of hydrogen-bond acceptors (Lipinski definition) is 3. The zero-order valence-corrected chi connectivity index (χ0v) is 17.0. The summed E-state index contributed by atoms with van der Waals surface area (Å²) in [5.41, 5.74) is 1.37. The van der Waals surface area contributed by atoms with E-state index in [1.165, 1.54) is 6.21 Å². The van der Waals surface area contributed by atoms with Crippen LogP contribution in [0.5, 0.6) is 0 Å². The molecule has 0 aliphatic carbocycles. The monoisotopic (exact) mass is 420 g/mol. The molecule has 2 heterocycles. The van der Waals surface area contributed by atoms with Gasteiger partial charge in [-0.15, -0.1) is 0 Å². The lowest BCUT2D eigenvalue weighted by Gasteiger charge is -2.02. The average molecular weight is 421 g/mol. The summed E-state index contributed by atoms with van der Waals surface area (Å²) < 4.78 is 5.95. The molecule has 1 N–H and O–H groups in total. The van der Waals surface area contributed by atoms with Gasteiger partial charge in [0.1, 0.15) is 12.4 Å². The smallest absolute Gasteiger partial charge is 0.303 e. The zero-order chi connectivity index (χ0) is 18.4. The van der Waals surface area contributed by atoms with E-state index in [0.717, 1.165) is 25.3 Å². The van der Waals surface area contributed by atoms with Crippen molar-refractivity contribution in [2.24, 2.45) is 12.2 Å². The van der Waals surface area contributed by atoms with Gasteiger partial charge >= 0.3 is 5.82 Å². The number of carbonyl (C=O) groups is 1. The molecule has 0 aliphatic rings. The maximum atomic E-state index is 12.6. The molecule has 2 aromatic heterocycles. The SMILES string of the molecule is C[n+]1ccn(CCC[n+]2cccc(C(=O)c3ccccc3)c2)c1/C=N/O.[Cl-].[Cl-]. The Bertz CT molecular complexity index is 927. The number of oxime groups is 1. The third kappa shape index (κ3) is 5.65. The van der Waals surface area contributed by atoms with E-state index in [0.29, 0.717) is 11.1 Å². The van der Waals surface area contributed by atoms with Crippen LogP contribution in [-0.2, 0) is 20.1 Å². The minimum Gasteiger partial charge on any atom is -1.00 e. The number of ketones is 1. The second-order valence-electron chi connectivity index (χ2n) is 6.08. The Hall–Kier alpha value is -2.70. The molecule has 0 radical (unpaired) electrons. The molecule has 0 spiro atoms. The number of aryl methyl sites for hydroxylation is 3. The number of pyridine rings is 1. The Morgan fingerprint density at radius 1 is 1.11 bits per heavy atom. The second-order valence-corrected chi connectivity index (χ2v) is 6.08. The minimum absolute atomic E-state index is 0. The number of halogens is 2. The van der Waals surface area contributed by atoms with Crippen LogP contribution in [0.3, 0.4) is 0 Å². The summed E-state index contributed by atoms with van der Waals surface area (Å²) in [4.78, 5) is 12.6. The maximum absolute atomic E-state index is 12.6. The molecule has 0 atom stereocenters. The first-order valence-corrected chi connectivity index (χ1v) is 8.50. The van der Waals surface area contributed by atoms with Gasteiger partial charge in [-0.05, 0) is 6.07 Å². The Labute approximate surface area is 176 Å². The van der Waals surface area contributed by atoms with Gasteiger partial charge in [-0.25, -0.2) is 13.7 Å². The molecule has 0 saturated carbocycles. The average Bonchev–Trinajstić information content (AvgIpc) is 3.02. The summed E-state index contributed by atoms with van der Waals surface area (Å²) in [5, 5.41) is 11.9. The molecule has 0 saturated heterocycles. The number of aromatic nitrogens is 3. The fourth-order valence-corrected chi connectivity index (χ4v) is 2.92. The van der Waals surface area contributed by atoms with Crippen molar-refractivity contribution in [2.45, 2.75) is 19.5 Å². The van der Waals surface area contributed by atoms with E-state index in [1.54, 1.807) is 0 Å². The van der Waals surface area contributed by atoms with E-state index >= 15 is 0 Å². The molecule has 1 aromatic carbocycles. The molecule has 8 heteroatoms. The predicted octanol–water partition coefficient (Wildman–Crippen LogP) is -4.26. The van der Waals surface area contributed by atoms with Crippen molar-refractivity contribution in [1.82, 2.24) is 4.57 Å². The first kappa shape index (κ1) is 23.3. The molecule has 0 unspecified atom stereocenters. The van der Waals surface area contributed by atoms with Crippen LogP contribution in [0.15, 0.2) is 72.4 Å². The number of hydrogen-bond donors (Lipinski definition) is 1. The van der Waals surface area contributed by atoms with Crippen molar-refractivity contribution >= 4 is 12.0 Å². The molecule has 28 heavy (non-hydrogen) atoms. The van der Waals surface area contributed by atoms with E-state index in [1.807, 2.05) is 88.0 Å². The van der Waals surface area contributed by atoms with E-state index in [2.05, 4.69) is 5.16 Å². The van der Waals surface area contributed by atoms with E-state index in [4.69, 9.17) is 5.21 Å². The third-order valence-corrected chi connectivity index (χ3v) is 4.27. The van der Waals surface area contributed by atoms with Crippen molar-refractivity contribution in [3.8, 4) is 0 Å². The summed E-state index contributed by atoms with van der Waals surface area (Å²) in [6.07, 6.45) is 10.0. The Kier molecular flexibility index (Phi) is 9.35. The van der Waals surface area contributed by atoms with Gasteiger partial charge in [0.2, 0.25) is 0 Å². The predicted molar refractivity (Wildman–Crippen MR) is 96.1 cm³/mol. The van der Waals surface area contributed by atoms with Crippen molar-refractivity contribution in [1.29, 1.82) is 0 Å². The normalized spacial score (nSPS) is 10.3. The van der Waals surface area contributed by atoms with E-state index in [-0.39, 0.29) is 30.6 Å². The molecular formula is C20H22Cl2N4O2. The van der Waals surface area contributed by atoms with Gasteiger partial charge in [-0.1, -0.05) is 35.5 Å². The zero-order valence-electron chi connectivity index (χ0n) is 15.4. The first-order chi connectivity index (χ1) is 12.7. The van der Waals surface area contributed by atoms with Crippen LogP contribution in [0, 0.1) is 0 Å². The Morgan fingerprint density at radius 3 is 2.54 bits per heavy atom. The number of imidazole rings is 1. The Balaban J connectivity index is 0.00000196. The lowest BCUT2D eigenvalue weighted by molar-refractivity contribution is -0.697. The molecule has 3 rings (SSSR count). The molecule has 3 aromatic rings. The van der Waals surface area contributed by atoms with Gasteiger partial charge < -0.3 is 30.0 Å². The van der Waals surface area contributed by atoms with Gasteiger partial charge in [0.05, 0.1) is 19.2 Å². The molecule has 148 valence electrons. The summed E-state index contributed by atoms with van der Waals surface area (Å²) in [6, 6.07) is 13.0.